The van der Waals surface area contributed by atoms with Gasteiger partial charge in [0.15, 0.2) is 6.29 Å². The molecule has 8 heteroatoms. The Morgan fingerprint density at radius 2 is 1.90 bits per heavy atom. The minimum Gasteiger partial charge on any atom is -0.298 e. The summed E-state index contributed by atoms with van der Waals surface area (Å²) >= 11 is 5.66. The van der Waals surface area contributed by atoms with E-state index in [0.29, 0.717) is 18.4 Å². The highest BCUT2D eigenvalue weighted by Crippen LogP contribution is 2.34. The normalized spacial score (nSPS) is 11.4. The predicted octanol–water partition coefficient (Wildman–Crippen LogP) is 3.77. The fourth-order valence-corrected chi connectivity index (χ4v) is 1.78. The van der Waals surface area contributed by atoms with E-state index in [-0.39, 0.29) is 22.0 Å². The quantitative estimate of drug-likeness (QED) is 0.482. The van der Waals surface area contributed by atoms with E-state index in [0.717, 1.165) is 12.4 Å². The molecular formula is C12H5ClF4N2O. The minimum atomic E-state index is -4.85. The molecule has 2 aromatic rings. The molecule has 0 saturated heterocycles. The third-order valence-electron chi connectivity index (χ3n) is 2.50. The molecule has 0 N–H and O–H groups in total. The van der Waals surface area contributed by atoms with E-state index in [1.807, 2.05) is 0 Å². The average molecular weight is 305 g/mol. The molecule has 104 valence electrons. The van der Waals surface area contributed by atoms with Crippen molar-refractivity contribution in [2.45, 2.75) is 6.18 Å². The van der Waals surface area contributed by atoms with Gasteiger partial charge in [-0.2, -0.15) is 13.2 Å². The molecular weight excluding hydrogens is 300 g/mol. The van der Waals surface area contributed by atoms with Gasteiger partial charge in [0.25, 0.3) is 0 Å². The van der Waals surface area contributed by atoms with E-state index < -0.39 is 17.6 Å². The lowest BCUT2D eigenvalue weighted by molar-refractivity contribution is -0.139. The molecule has 20 heavy (non-hydrogen) atoms. The summed E-state index contributed by atoms with van der Waals surface area (Å²) in [6, 6.07) is 2.31. The first-order valence-corrected chi connectivity index (χ1v) is 5.55. The van der Waals surface area contributed by atoms with Gasteiger partial charge in [-0.15, -0.1) is 0 Å². The van der Waals surface area contributed by atoms with Crippen LogP contribution < -0.4 is 0 Å². The molecule has 0 spiro atoms. The van der Waals surface area contributed by atoms with Gasteiger partial charge in [0.1, 0.15) is 17.3 Å². The molecule has 0 radical (unpaired) electrons. The number of benzene rings is 1. The Kier molecular flexibility index (Phi) is 3.71. The van der Waals surface area contributed by atoms with Gasteiger partial charge in [-0.05, 0) is 18.2 Å². The van der Waals surface area contributed by atoms with Crippen LogP contribution in [0.25, 0.3) is 11.3 Å². The predicted molar refractivity (Wildman–Crippen MR) is 62.8 cm³/mol. The van der Waals surface area contributed by atoms with Crippen molar-refractivity contribution < 1.29 is 22.4 Å². The van der Waals surface area contributed by atoms with Crippen molar-refractivity contribution in [2.24, 2.45) is 0 Å². The Labute approximate surface area is 115 Å². The van der Waals surface area contributed by atoms with E-state index >= 15 is 0 Å². The molecule has 0 atom stereocenters. The second kappa shape index (κ2) is 5.16. The number of aldehydes is 1. The molecule has 0 aliphatic heterocycles. The maximum absolute atomic E-state index is 13.2. The molecule has 0 aliphatic carbocycles. The molecule has 2 rings (SSSR count). The lowest BCUT2D eigenvalue weighted by Gasteiger charge is -2.10. The zero-order valence-corrected chi connectivity index (χ0v) is 10.3. The monoisotopic (exact) mass is 304 g/mol. The molecule has 0 aliphatic rings. The first-order chi connectivity index (χ1) is 9.34. The average Bonchev–Trinajstić information content (AvgIpc) is 2.37. The fourth-order valence-electron chi connectivity index (χ4n) is 1.60. The molecule has 0 saturated carbocycles. The highest BCUT2D eigenvalue weighted by Gasteiger charge is 2.34. The number of hydrogen-bond donors (Lipinski definition) is 0. The zero-order chi connectivity index (χ0) is 14.9. The third-order valence-corrected chi connectivity index (χ3v) is 2.80. The van der Waals surface area contributed by atoms with Gasteiger partial charge in [-0.1, -0.05) is 11.6 Å². The second-order valence-electron chi connectivity index (χ2n) is 3.74. The number of aromatic nitrogens is 2. The smallest absolute Gasteiger partial charge is 0.298 e. The van der Waals surface area contributed by atoms with Crippen molar-refractivity contribution in [1.82, 2.24) is 9.97 Å². The SMILES string of the molecule is O=Cc1c(Cl)ncnc1-c1ccc(F)c(C(F)(F)F)c1. The topological polar surface area (TPSA) is 42.9 Å². The van der Waals surface area contributed by atoms with Crippen LogP contribution in [0.15, 0.2) is 24.5 Å². The van der Waals surface area contributed by atoms with E-state index in [1.165, 1.54) is 0 Å². The van der Waals surface area contributed by atoms with Crippen molar-refractivity contribution in [3.63, 3.8) is 0 Å². The summed E-state index contributed by atoms with van der Waals surface area (Å²) in [5, 5.41) is -0.192. The van der Waals surface area contributed by atoms with Crippen LogP contribution in [0.2, 0.25) is 5.15 Å². The van der Waals surface area contributed by atoms with Crippen molar-refractivity contribution >= 4 is 17.9 Å². The van der Waals surface area contributed by atoms with Crippen molar-refractivity contribution in [1.29, 1.82) is 0 Å². The molecule has 1 aromatic heterocycles. The van der Waals surface area contributed by atoms with Crippen LogP contribution in [0.4, 0.5) is 17.6 Å². The van der Waals surface area contributed by atoms with Crippen molar-refractivity contribution in [2.75, 3.05) is 0 Å². The Bertz CT molecular complexity index is 673. The van der Waals surface area contributed by atoms with E-state index in [4.69, 9.17) is 11.6 Å². The largest absolute Gasteiger partial charge is 0.419 e. The zero-order valence-electron chi connectivity index (χ0n) is 9.58. The Morgan fingerprint density at radius 3 is 2.50 bits per heavy atom. The van der Waals surface area contributed by atoms with Crippen LogP contribution >= 0.6 is 11.6 Å². The summed E-state index contributed by atoms with van der Waals surface area (Å²) in [4.78, 5) is 18.2. The van der Waals surface area contributed by atoms with Crippen LogP contribution in [0.1, 0.15) is 15.9 Å². The minimum absolute atomic E-state index is 0.0786. The number of alkyl halides is 3. The molecule has 3 nitrogen and oxygen atoms in total. The van der Waals surface area contributed by atoms with Gasteiger partial charge in [0.05, 0.1) is 16.8 Å². The van der Waals surface area contributed by atoms with E-state index in [1.54, 1.807) is 0 Å². The van der Waals surface area contributed by atoms with Crippen LogP contribution in [0.3, 0.4) is 0 Å². The third kappa shape index (κ3) is 2.62. The molecule has 1 aromatic carbocycles. The number of rotatable bonds is 2. The van der Waals surface area contributed by atoms with Crippen LogP contribution in [0.5, 0.6) is 0 Å². The number of nitrogens with zero attached hydrogens (tertiary/aromatic N) is 2. The number of halogens is 5. The summed E-state index contributed by atoms with van der Waals surface area (Å²) in [5.74, 6) is -1.41. The molecule has 0 bridgehead atoms. The number of carbonyl (C=O) groups is 1. The maximum Gasteiger partial charge on any atom is 0.419 e. The summed E-state index contributed by atoms with van der Waals surface area (Å²) < 4.78 is 51.1. The van der Waals surface area contributed by atoms with Crippen molar-refractivity contribution in [3.8, 4) is 11.3 Å². The fraction of sp³-hybridized carbons (Fsp3) is 0.0833. The number of hydrogen-bond acceptors (Lipinski definition) is 3. The van der Waals surface area contributed by atoms with Crippen LogP contribution in [0, 0.1) is 5.82 Å². The summed E-state index contributed by atoms with van der Waals surface area (Å²) in [6.07, 6.45) is -3.52. The van der Waals surface area contributed by atoms with Crippen LogP contribution in [-0.4, -0.2) is 16.3 Å². The van der Waals surface area contributed by atoms with Gasteiger partial charge >= 0.3 is 6.18 Å². The lowest BCUT2D eigenvalue weighted by Crippen LogP contribution is -2.08. The Hall–Kier alpha value is -2.02. The number of carbonyl (C=O) groups excluding carboxylic acids is 1. The summed E-state index contributed by atoms with van der Waals surface area (Å²) in [5.41, 5.74) is -1.77. The van der Waals surface area contributed by atoms with Gasteiger partial charge in [0.2, 0.25) is 0 Å². The van der Waals surface area contributed by atoms with Gasteiger partial charge < -0.3 is 0 Å². The standard InChI is InChI=1S/C12H5ClF4N2O/c13-11-7(4-20)10(18-5-19-11)6-1-2-9(14)8(3-6)12(15,16)17/h1-5H. The van der Waals surface area contributed by atoms with Gasteiger partial charge in [0, 0.05) is 5.56 Å². The van der Waals surface area contributed by atoms with E-state index in [9.17, 15) is 22.4 Å². The van der Waals surface area contributed by atoms with Crippen LogP contribution in [-0.2, 0) is 6.18 Å². The second-order valence-corrected chi connectivity index (χ2v) is 4.10. The van der Waals surface area contributed by atoms with E-state index in [2.05, 4.69) is 9.97 Å². The summed E-state index contributed by atoms with van der Waals surface area (Å²) in [6.45, 7) is 0. The molecule has 0 amide bonds. The van der Waals surface area contributed by atoms with Gasteiger partial charge in [-0.25, -0.2) is 14.4 Å². The molecule has 1 heterocycles. The molecule has 0 fully saturated rings. The molecule has 0 unspecified atom stereocenters. The first kappa shape index (κ1) is 14.4. The Morgan fingerprint density at radius 1 is 1.20 bits per heavy atom. The Balaban J connectivity index is 2.66. The van der Waals surface area contributed by atoms with Crippen molar-refractivity contribution in [3.05, 3.63) is 46.6 Å². The first-order valence-electron chi connectivity index (χ1n) is 5.17. The highest BCUT2D eigenvalue weighted by molar-refractivity contribution is 6.32. The summed E-state index contributed by atoms with van der Waals surface area (Å²) in [7, 11) is 0. The lowest BCUT2D eigenvalue weighted by atomic mass is 10.0. The maximum atomic E-state index is 13.2. The highest BCUT2D eigenvalue weighted by atomic mass is 35.5. The van der Waals surface area contributed by atoms with Gasteiger partial charge in [-0.3, -0.25) is 4.79 Å².